The van der Waals surface area contributed by atoms with Crippen LogP contribution in [-0.4, -0.2) is 55.5 Å². The van der Waals surface area contributed by atoms with Gasteiger partial charge in [-0.25, -0.2) is 0 Å². The van der Waals surface area contributed by atoms with Gasteiger partial charge in [0.2, 0.25) is 0 Å². The number of carbonyl (C=O) groups is 1. The van der Waals surface area contributed by atoms with Crippen LogP contribution in [0.4, 0.5) is 0 Å². The largest absolute Gasteiger partial charge is 0.483 e. The number of hydrogen-bond donors (Lipinski definition) is 0. The number of hydrogen-bond acceptors (Lipinski definition) is 3. The van der Waals surface area contributed by atoms with Crippen molar-refractivity contribution < 1.29 is 9.53 Å². The number of benzene rings is 2. The molecule has 0 aliphatic carbocycles. The van der Waals surface area contributed by atoms with Crippen molar-refractivity contribution in [3.63, 3.8) is 0 Å². The predicted octanol–water partition coefficient (Wildman–Crippen LogP) is 2.75. The molecule has 2 unspecified atom stereocenters. The third-order valence-electron chi connectivity index (χ3n) is 5.34. The molecule has 130 valence electrons. The molecule has 0 N–H and O–H groups in total. The molecule has 0 aromatic heterocycles. The Labute approximate surface area is 149 Å². The Morgan fingerprint density at radius 1 is 0.960 bits per heavy atom. The number of nitrogens with zero attached hydrogens (tertiary/aromatic N) is 2. The first-order valence-electron chi connectivity index (χ1n) is 8.94. The second kappa shape index (κ2) is 6.89. The molecular weight excluding hydrogens is 312 g/mol. The molecule has 0 bridgehead atoms. The van der Waals surface area contributed by atoms with Crippen LogP contribution in [0.1, 0.15) is 0 Å². The first kappa shape index (κ1) is 16.2. The fourth-order valence-corrected chi connectivity index (χ4v) is 4.11. The highest BCUT2D eigenvalue weighted by atomic mass is 16.5. The highest BCUT2D eigenvalue weighted by molar-refractivity contribution is 5.79. The van der Waals surface area contributed by atoms with Crippen molar-refractivity contribution in [3.8, 4) is 16.9 Å². The third kappa shape index (κ3) is 3.40. The minimum Gasteiger partial charge on any atom is -0.483 e. The molecule has 2 aromatic rings. The predicted molar refractivity (Wildman–Crippen MR) is 98.4 cm³/mol. The summed E-state index contributed by atoms with van der Waals surface area (Å²) in [5.74, 6) is 2.12. The number of fused-ring (bicyclic) bond motifs is 1. The topological polar surface area (TPSA) is 32.8 Å². The normalized spacial score (nSPS) is 22.8. The Kier molecular flexibility index (Phi) is 4.45. The maximum Gasteiger partial charge on any atom is 0.260 e. The van der Waals surface area contributed by atoms with E-state index >= 15 is 0 Å². The van der Waals surface area contributed by atoms with E-state index in [1.807, 2.05) is 47.4 Å². The van der Waals surface area contributed by atoms with Crippen molar-refractivity contribution >= 4 is 5.91 Å². The van der Waals surface area contributed by atoms with Gasteiger partial charge in [0.25, 0.3) is 5.91 Å². The summed E-state index contributed by atoms with van der Waals surface area (Å²) in [5.41, 5.74) is 2.13. The van der Waals surface area contributed by atoms with Gasteiger partial charge in [-0.3, -0.25) is 4.79 Å². The van der Waals surface area contributed by atoms with Crippen LogP contribution in [0.25, 0.3) is 11.1 Å². The van der Waals surface area contributed by atoms with Crippen molar-refractivity contribution in [1.82, 2.24) is 9.80 Å². The van der Waals surface area contributed by atoms with Gasteiger partial charge in [0.05, 0.1) is 0 Å². The van der Waals surface area contributed by atoms with Gasteiger partial charge in [-0.05, 0) is 30.5 Å². The lowest BCUT2D eigenvalue weighted by atomic mass is 10.0. The van der Waals surface area contributed by atoms with Crippen LogP contribution >= 0.6 is 0 Å². The Bertz CT molecular complexity index is 733. The van der Waals surface area contributed by atoms with Gasteiger partial charge in [0.1, 0.15) is 5.75 Å². The molecule has 1 amide bonds. The molecule has 0 radical (unpaired) electrons. The minimum atomic E-state index is 0.0971. The number of ether oxygens (including phenoxy) is 1. The van der Waals surface area contributed by atoms with Gasteiger partial charge in [-0.15, -0.1) is 0 Å². The van der Waals surface area contributed by atoms with Gasteiger partial charge in [-0.2, -0.15) is 0 Å². The molecule has 0 spiro atoms. The molecule has 2 atom stereocenters. The van der Waals surface area contributed by atoms with Gasteiger partial charge < -0.3 is 14.5 Å². The summed E-state index contributed by atoms with van der Waals surface area (Å²) < 4.78 is 5.91. The standard InChI is InChI=1S/C21H24N2O2/c1-22-11-17-13-23(14-18(17)12-22)21(24)15-25-20-10-6-5-9-19(20)16-7-3-2-4-8-16/h2-10,17-18H,11-15H2,1H3. The maximum absolute atomic E-state index is 12.6. The molecule has 2 fully saturated rings. The zero-order chi connectivity index (χ0) is 17.2. The van der Waals surface area contributed by atoms with Crippen LogP contribution in [0.15, 0.2) is 54.6 Å². The summed E-state index contributed by atoms with van der Waals surface area (Å²) in [4.78, 5) is 16.9. The first-order valence-corrected chi connectivity index (χ1v) is 8.94. The van der Waals surface area contributed by atoms with Crippen LogP contribution in [0.3, 0.4) is 0 Å². The van der Waals surface area contributed by atoms with Crippen molar-refractivity contribution in [2.45, 2.75) is 0 Å². The molecule has 0 saturated carbocycles. The highest BCUT2D eigenvalue weighted by Crippen LogP contribution is 2.31. The molecule has 4 nitrogen and oxygen atoms in total. The minimum absolute atomic E-state index is 0.0971. The number of rotatable bonds is 4. The van der Waals surface area contributed by atoms with Crippen molar-refractivity contribution in [2.75, 3.05) is 39.8 Å². The molecular formula is C21H24N2O2. The van der Waals surface area contributed by atoms with Gasteiger partial charge in [-0.1, -0.05) is 48.5 Å². The van der Waals surface area contributed by atoms with Crippen LogP contribution in [-0.2, 0) is 4.79 Å². The van der Waals surface area contributed by atoms with Crippen molar-refractivity contribution in [2.24, 2.45) is 11.8 Å². The molecule has 4 rings (SSSR count). The molecule has 25 heavy (non-hydrogen) atoms. The second-order valence-corrected chi connectivity index (χ2v) is 7.19. The summed E-state index contributed by atoms with van der Waals surface area (Å²) in [6.07, 6.45) is 0. The summed E-state index contributed by atoms with van der Waals surface area (Å²) in [6, 6.07) is 18.0. The van der Waals surface area contributed by atoms with E-state index in [2.05, 4.69) is 24.1 Å². The number of carbonyl (C=O) groups excluding carboxylic acids is 1. The molecule has 2 aliphatic heterocycles. The van der Waals surface area contributed by atoms with Crippen LogP contribution in [0.5, 0.6) is 5.75 Å². The van der Waals surface area contributed by atoms with E-state index in [0.717, 1.165) is 43.1 Å². The van der Waals surface area contributed by atoms with E-state index in [1.54, 1.807) is 0 Å². The molecule has 2 aromatic carbocycles. The Morgan fingerprint density at radius 2 is 1.60 bits per heavy atom. The van der Waals surface area contributed by atoms with Crippen molar-refractivity contribution in [1.29, 1.82) is 0 Å². The maximum atomic E-state index is 12.6. The zero-order valence-electron chi connectivity index (χ0n) is 14.6. The first-order chi connectivity index (χ1) is 12.2. The SMILES string of the molecule is CN1CC2CN(C(=O)COc3ccccc3-c3ccccc3)CC2C1. The summed E-state index contributed by atoms with van der Waals surface area (Å²) >= 11 is 0. The van der Waals surface area contributed by atoms with Crippen molar-refractivity contribution in [3.05, 3.63) is 54.6 Å². The average Bonchev–Trinajstić information content (AvgIpc) is 3.18. The van der Waals surface area contributed by atoms with E-state index in [9.17, 15) is 4.79 Å². The van der Waals surface area contributed by atoms with E-state index in [4.69, 9.17) is 4.74 Å². The molecule has 2 saturated heterocycles. The van der Waals surface area contributed by atoms with Gasteiger partial charge in [0, 0.05) is 31.7 Å². The lowest BCUT2D eigenvalue weighted by molar-refractivity contribution is -0.132. The van der Waals surface area contributed by atoms with Crippen LogP contribution < -0.4 is 4.74 Å². The molecule has 4 heteroatoms. The van der Waals surface area contributed by atoms with Gasteiger partial charge >= 0.3 is 0 Å². The molecule has 2 heterocycles. The zero-order valence-corrected chi connectivity index (χ0v) is 14.6. The highest BCUT2D eigenvalue weighted by Gasteiger charge is 2.40. The number of likely N-dealkylation sites (tertiary alicyclic amines) is 2. The Morgan fingerprint density at radius 3 is 2.32 bits per heavy atom. The fourth-order valence-electron chi connectivity index (χ4n) is 4.11. The van der Waals surface area contributed by atoms with Crippen LogP contribution in [0, 0.1) is 11.8 Å². The lowest BCUT2D eigenvalue weighted by Gasteiger charge is -2.20. The Balaban J connectivity index is 1.40. The Hall–Kier alpha value is -2.33. The average molecular weight is 336 g/mol. The van der Waals surface area contributed by atoms with Crippen LogP contribution in [0.2, 0.25) is 0 Å². The second-order valence-electron chi connectivity index (χ2n) is 7.19. The lowest BCUT2D eigenvalue weighted by Crippen LogP contribution is -2.35. The smallest absolute Gasteiger partial charge is 0.260 e. The fraction of sp³-hybridized carbons (Fsp3) is 0.381. The van der Waals surface area contributed by atoms with E-state index in [1.165, 1.54) is 0 Å². The summed E-state index contributed by atoms with van der Waals surface area (Å²) in [6.45, 7) is 4.06. The number of para-hydroxylation sites is 1. The van der Waals surface area contributed by atoms with E-state index in [-0.39, 0.29) is 12.5 Å². The van der Waals surface area contributed by atoms with E-state index < -0.39 is 0 Å². The van der Waals surface area contributed by atoms with Gasteiger partial charge in [0.15, 0.2) is 6.61 Å². The monoisotopic (exact) mass is 336 g/mol. The van der Waals surface area contributed by atoms with E-state index in [0.29, 0.717) is 11.8 Å². The molecule has 2 aliphatic rings. The third-order valence-corrected chi connectivity index (χ3v) is 5.34. The number of amides is 1. The summed E-state index contributed by atoms with van der Waals surface area (Å²) in [5, 5.41) is 0. The summed E-state index contributed by atoms with van der Waals surface area (Å²) in [7, 11) is 2.16. The quantitative estimate of drug-likeness (QED) is 0.861.